The summed E-state index contributed by atoms with van der Waals surface area (Å²) >= 11 is 0. The standard InChI is InChI=1S/C15H23NO2/c1-5-18-14(17)15(3,4)16-11-10-13-9-7-6-8-12(13)2/h6-9,16H,5,10-11H2,1-4H3. The van der Waals surface area contributed by atoms with Crippen LogP contribution in [0.15, 0.2) is 24.3 Å². The second-order valence-electron chi connectivity index (χ2n) is 4.95. The first-order valence-corrected chi connectivity index (χ1v) is 6.44. The molecule has 1 aromatic carbocycles. The summed E-state index contributed by atoms with van der Waals surface area (Å²) in [5.41, 5.74) is 1.97. The summed E-state index contributed by atoms with van der Waals surface area (Å²) in [6.07, 6.45) is 0.912. The Kier molecular flexibility index (Phi) is 5.35. The maximum atomic E-state index is 11.7. The van der Waals surface area contributed by atoms with E-state index in [1.54, 1.807) is 0 Å². The van der Waals surface area contributed by atoms with Crippen molar-refractivity contribution in [1.82, 2.24) is 5.32 Å². The molecular weight excluding hydrogens is 226 g/mol. The molecule has 0 bridgehead atoms. The third-order valence-electron chi connectivity index (χ3n) is 3.01. The number of nitrogens with one attached hydrogen (secondary N) is 1. The zero-order chi connectivity index (χ0) is 13.6. The lowest BCUT2D eigenvalue weighted by atomic mass is 10.0. The number of carbonyl (C=O) groups is 1. The molecule has 3 heteroatoms. The van der Waals surface area contributed by atoms with E-state index in [1.165, 1.54) is 11.1 Å². The van der Waals surface area contributed by atoms with Gasteiger partial charge in [-0.05, 0) is 45.2 Å². The van der Waals surface area contributed by atoms with Gasteiger partial charge < -0.3 is 10.1 Å². The Morgan fingerprint density at radius 2 is 2.00 bits per heavy atom. The molecule has 0 aliphatic heterocycles. The summed E-state index contributed by atoms with van der Waals surface area (Å²) in [7, 11) is 0. The molecule has 0 aliphatic carbocycles. The zero-order valence-electron chi connectivity index (χ0n) is 11.7. The number of esters is 1. The van der Waals surface area contributed by atoms with E-state index >= 15 is 0 Å². The predicted molar refractivity (Wildman–Crippen MR) is 73.6 cm³/mol. The summed E-state index contributed by atoms with van der Waals surface area (Å²) < 4.78 is 5.03. The van der Waals surface area contributed by atoms with E-state index in [4.69, 9.17) is 4.74 Å². The van der Waals surface area contributed by atoms with Gasteiger partial charge >= 0.3 is 5.97 Å². The lowest BCUT2D eigenvalue weighted by Gasteiger charge is -2.24. The molecule has 1 aromatic rings. The van der Waals surface area contributed by atoms with Crippen molar-refractivity contribution >= 4 is 5.97 Å². The predicted octanol–water partition coefficient (Wildman–Crippen LogP) is 2.47. The van der Waals surface area contributed by atoms with Gasteiger partial charge in [0, 0.05) is 6.54 Å². The molecule has 3 nitrogen and oxygen atoms in total. The number of rotatable bonds is 6. The van der Waals surface area contributed by atoms with Gasteiger partial charge in [0.15, 0.2) is 0 Å². The van der Waals surface area contributed by atoms with Gasteiger partial charge in [0.2, 0.25) is 0 Å². The van der Waals surface area contributed by atoms with E-state index in [0.717, 1.165) is 13.0 Å². The third-order valence-corrected chi connectivity index (χ3v) is 3.01. The average Bonchev–Trinajstić information content (AvgIpc) is 2.32. The highest BCUT2D eigenvalue weighted by molar-refractivity contribution is 5.79. The summed E-state index contributed by atoms with van der Waals surface area (Å²) in [5.74, 6) is -0.199. The molecule has 0 atom stereocenters. The quantitative estimate of drug-likeness (QED) is 0.787. The fraction of sp³-hybridized carbons (Fsp3) is 0.533. The number of ether oxygens (including phenoxy) is 1. The lowest BCUT2D eigenvalue weighted by molar-refractivity contribution is -0.149. The van der Waals surface area contributed by atoms with Gasteiger partial charge in [-0.25, -0.2) is 0 Å². The highest BCUT2D eigenvalue weighted by Gasteiger charge is 2.27. The molecule has 0 saturated carbocycles. The summed E-state index contributed by atoms with van der Waals surface area (Å²) in [5, 5.41) is 3.24. The number of hydrogen-bond donors (Lipinski definition) is 1. The lowest BCUT2D eigenvalue weighted by Crippen LogP contribution is -2.48. The fourth-order valence-corrected chi connectivity index (χ4v) is 1.78. The second-order valence-corrected chi connectivity index (χ2v) is 4.95. The molecule has 0 fully saturated rings. The highest BCUT2D eigenvalue weighted by atomic mass is 16.5. The minimum absolute atomic E-state index is 0.199. The first-order valence-electron chi connectivity index (χ1n) is 6.44. The van der Waals surface area contributed by atoms with E-state index in [1.807, 2.05) is 32.9 Å². The van der Waals surface area contributed by atoms with E-state index in [2.05, 4.69) is 24.4 Å². The van der Waals surface area contributed by atoms with Gasteiger partial charge in [-0.15, -0.1) is 0 Å². The van der Waals surface area contributed by atoms with Crippen LogP contribution in [0, 0.1) is 6.92 Å². The summed E-state index contributed by atoms with van der Waals surface area (Å²) in [4.78, 5) is 11.7. The van der Waals surface area contributed by atoms with E-state index < -0.39 is 5.54 Å². The molecule has 100 valence electrons. The van der Waals surface area contributed by atoms with Crippen LogP contribution < -0.4 is 5.32 Å². The number of carbonyl (C=O) groups excluding carboxylic acids is 1. The van der Waals surface area contributed by atoms with Gasteiger partial charge in [-0.2, -0.15) is 0 Å². The SMILES string of the molecule is CCOC(=O)C(C)(C)NCCc1ccccc1C. The van der Waals surface area contributed by atoms with Crippen molar-refractivity contribution in [3.8, 4) is 0 Å². The molecular formula is C15H23NO2. The van der Waals surface area contributed by atoms with Gasteiger partial charge in [-0.1, -0.05) is 24.3 Å². The van der Waals surface area contributed by atoms with Crippen molar-refractivity contribution in [2.45, 2.75) is 39.7 Å². The largest absolute Gasteiger partial charge is 0.465 e. The Morgan fingerprint density at radius 1 is 1.33 bits per heavy atom. The van der Waals surface area contributed by atoms with Crippen LogP contribution in [-0.4, -0.2) is 24.7 Å². The van der Waals surface area contributed by atoms with Crippen LogP contribution in [0.2, 0.25) is 0 Å². The van der Waals surface area contributed by atoms with Gasteiger partial charge in [-0.3, -0.25) is 4.79 Å². The molecule has 1 rings (SSSR count). The third kappa shape index (κ3) is 4.15. The maximum absolute atomic E-state index is 11.7. The van der Waals surface area contributed by atoms with Crippen LogP contribution in [-0.2, 0) is 16.0 Å². The smallest absolute Gasteiger partial charge is 0.325 e. The molecule has 0 unspecified atom stereocenters. The minimum atomic E-state index is -0.626. The molecule has 0 aromatic heterocycles. The van der Waals surface area contributed by atoms with Crippen molar-refractivity contribution in [1.29, 1.82) is 0 Å². The Bertz CT molecular complexity index is 399. The molecule has 0 aliphatic rings. The Morgan fingerprint density at radius 3 is 2.61 bits per heavy atom. The van der Waals surface area contributed by atoms with E-state index in [0.29, 0.717) is 6.61 Å². The molecule has 1 N–H and O–H groups in total. The summed E-state index contributed by atoms with van der Waals surface area (Å²) in [6, 6.07) is 8.30. The van der Waals surface area contributed by atoms with Crippen LogP contribution in [0.25, 0.3) is 0 Å². The van der Waals surface area contributed by atoms with Gasteiger partial charge in [0.25, 0.3) is 0 Å². The van der Waals surface area contributed by atoms with Crippen LogP contribution in [0.3, 0.4) is 0 Å². The molecule has 0 spiro atoms. The number of benzene rings is 1. The van der Waals surface area contributed by atoms with Crippen LogP contribution in [0.5, 0.6) is 0 Å². The molecule has 0 radical (unpaired) electrons. The van der Waals surface area contributed by atoms with Crippen molar-refractivity contribution in [3.63, 3.8) is 0 Å². The van der Waals surface area contributed by atoms with Crippen LogP contribution >= 0.6 is 0 Å². The van der Waals surface area contributed by atoms with Crippen LogP contribution in [0.4, 0.5) is 0 Å². The van der Waals surface area contributed by atoms with Gasteiger partial charge in [0.05, 0.1) is 6.61 Å². The van der Waals surface area contributed by atoms with E-state index in [-0.39, 0.29) is 5.97 Å². The number of aryl methyl sites for hydroxylation is 1. The van der Waals surface area contributed by atoms with Crippen LogP contribution in [0.1, 0.15) is 31.9 Å². The zero-order valence-corrected chi connectivity index (χ0v) is 11.7. The average molecular weight is 249 g/mol. The summed E-state index contributed by atoms with van der Waals surface area (Å²) in [6.45, 7) is 8.80. The normalized spacial score (nSPS) is 11.3. The second kappa shape index (κ2) is 6.55. The first-order chi connectivity index (χ1) is 8.47. The van der Waals surface area contributed by atoms with Crippen molar-refractivity contribution in [3.05, 3.63) is 35.4 Å². The molecule has 18 heavy (non-hydrogen) atoms. The highest BCUT2D eigenvalue weighted by Crippen LogP contribution is 2.09. The monoisotopic (exact) mass is 249 g/mol. The van der Waals surface area contributed by atoms with Crippen molar-refractivity contribution < 1.29 is 9.53 Å². The van der Waals surface area contributed by atoms with Crippen molar-refractivity contribution in [2.24, 2.45) is 0 Å². The van der Waals surface area contributed by atoms with Crippen molar-refractivity contribution in [2.75, 3.05) is 13.2 Å². The topological polar surface area (TPSA) is 38.3 Å². The Hall–Kier alpha value is -1.35. The number of hydrogen-bond acceptors (Lipinski definition) is 3. The first kappa shape index (κ1) is 14.7. The maximum Gasteiger partial charge on any atom is 0.325 e. The molecule has 0 heterocycles. The molecule has 0 saturated heterocycles. The fourth-order valence-electron chi connectivity index (χ4n) is 1.78. The van der Waals surface area contributed by atoms with E-state index in [9.17, 15) is 4.79 Å². The molecule has 0 amide bonds. The Labute approximate surface area is 110 Å². The van der Waals surface area contributed by atoms with Gasteiger partial charge in [0.1, 0.15) is 5.54 Å². The Balaban J connectivity index is 2.46. The minimum Gasteiger partial charge on any atom is -0.465 e.